The number of hydrogen-bond donors (Lipinski definition) is 2. The summed E-state index contributed by atoms with van der Waals surface area (Å²) < 4.78 is 28.8. The minimum atomic E-state index is -3.52. The van der Waals surface area contributed by atoms with Gasteiger partial charge in [-0.05, 0) is 49.6 Å². The van der Waals surface area contributed by atoms with Crippen molar-refractivity contribution in [2.75, 3.05) is 12.3 Å². The maximum atomic E-state index is 12.2. The first-order chi connectivity index (χ1) is 9.90. The Labute approximate surface area is 125 Å². The van der Waals surface area contributed by atoms with E-state index in [9.17, 15) is 8.42 Å². The Balaban J connectivity index is 1.98. The van der Waals surface area contributed by atoms with Gasteiger partial charge in [0.05, 0.1) is 4.90 Å². The number of nitrogens with zero attached hydrogens (tertiary/aromatic N) is 2. The maximum absolute atomic E-state index is 12.2. The van der Waals surface area contributed by atoms with E-state index in [0.717, 1.165) is 11.1 Å². The third-order valence-corrected chi connectivity index (χ3v) is 4.85. The largest absolute Gasteiger partial charge is 0.398 e. The van der Waals surface area contributed by atoms with Gasteiger partial charge in [0.2, 0.25) is 10.0 Å². The number of nitrogen functional groups attached to an aromatic ring is 1. The molecule has 0 saturated carbocycles. The number of aryl methyl sites for hydroxylation is 2. The first kappa shape index (κ1) is 15.5. The highest BCUT2D eigenvalue weighted by Crippen LogP contribution is 2.21. The highest BCUT2D eigenvalue weighted by Gasteiger charge is 2.15. The Hall–Kier alpha value is -1.86. The second-order valence-corrected chi connectivity index (χ2v) is 6.74. The van der Waals surface area contributed by atoms with E-state index in [0.29, 0.717) is 25.2 Å². The van der Waals surface area contributed by atoms with Crippen LogP contribution < -0.4 is 10.5 Å². The number of rotatable bonds is 6. The Bertz CT molecular complexity index is 686. The summed E-state index contributed by atoms with van der Waals surface area (Å²) in [5.74, 6) is 0. The monoisotopic (exact) mass is 308 g/mol. The average molecular weight is 308 g/mol. The van der Waals surface area contributed by atoms with Gasteiger partial charge in [-0.2, -0.15) is 5.10 Å². The number of anilines is 1. The molecular weight excluding hydrogens is 288 g/mol. The van der Waals surface area contributed by atoms with Gasteiger partial charge in [-0.25, -0.2) is 13.1 Å². The predicted octanol–water partition coefficient (Wildman–Crippen LogP) is 1.45. The van der Waals surface area contributed by atoms with Crippen LogP contribution in [0.2, 0.25) is 0 Å². The second kappa shape index (κ2) is 6.28. The van der Waals surface area contributed by atoms with E-state index in [4.69, 9.17) is 5.73 Å². The molecule has 0 bridgehead atoms. The van der Waals surface area contributed by atoms with E-state index in [1.165, 1.54) is 6.07 Å². The van der Waals surface area contributed by atoms with Gasteiger partial charge in [0.25, 0.3) is 0 Å². The van der Waals surface area contributed by atoms with Crippen molar-refractivity contribution in [2.45, 2.75) is 31.7 Å². The van der Waals surface area contributed by atoms with Gasteiger partial charge in [0.1, 0.15) is 0 Å². The molecular formula is C14H20N4O2S. The fraction of sp³-hybridized carbons (Fsp3) is 0.357. The summed E-state index contributed by atoms with van der Waals surface area (Å²) in [4.78, 5) is 0.210. The third kappa shape index (κ3) is 3.83. The maximum Gasteiger partial charge on any atom is 0.240 e. The first-order valence-corrected chi connectivity index (χ1v) is 8.22. The molecule has 0 aliphatic rings. The molecule has 0 spiro atoms. The summed E-state index contributed by atoms with van der Waals surface area (Å²) in [5, 5.41) is 4.06. The highest BCUT2D eigenvalue weighted by molar-refractivity contribution is 7.89. The van der Waals surface area contributed by atoms with E-state index >= 15 is 0 Å². The molecule has 0 aliphatic carbocycles. The standard InChI is InChI=1S/C14H20N4O2S/c1-11-9-13(10-14(15)12(11)2)21(19,20)17-6-4-8-18-7-3-5-16-18/h3,5,7,9-10,17H,4,6,8,15H2,1-2H3. The molecule has 1 heterocycles. The second-order valence-electron chi connectivity index (χ2n) is 4.97. The minimum absolute atomic E-state index is 0.210. The molecule has 0 saturated heterocycles. The molecule has 1 aromatic heterocycles. The van der Waals surface area contributed by atoms with Crippen LogP contribution in [0.4, 0.5) is 5.69 Å². The van der Waals surface area contributed by atoms with Crippen LogP contribution in [-0.2, 0) is 16.6 Å². The van der Waals surface area contributed by atoms with Gasteiger partial charge < -0.3 is 5.73 Å². The lowest BCUT2D eigenvalue weighted by molar-refractivity contribution is 0.553. The van der Waals surface area contributed by atoms with Crippen molar-refractivity contribution in [1.82, 2.24) is 14.5 Å². The number of sulfonamides is 1. The molecule has 0 atom stereocenters. The number of benzene rings is 1. The SMILES string of the molecule is Cc1cc(S(=O)(=O)NCCCn2cccn2)cc(N)c1C. The van der Waals surface area contributed by atoms with Crippen LogP contribution in [0, 0.1) is 13.8 Å². The molecule has 2 rings (SSSR count). The van der Waals surface area contributed by atoms with Gasteiger partial charge in [0, 0.05) is 31.2 Å². The lowest BCUT2D eigenvalue weighted by Gasteiger charge is -2.11. The minimum Gasteiger partial charge on any atom is -0.398 e. The summed E-state index contributed by atoms with van der Waals surface area (Å²) in [5.41, 5.74) is 8.10. The molecule has 21 heavy (non-hydrogen) atoms. The Morgan fingerprint density at radius 1 is 1.33 bits per heavy atom. The molecule has 114 valence electrons. The van der Waals surface area contributed by atoms with Crippen molar-refractivity contribution < 1.29 is 8.42 Å². The van der Waals surface area contributed by atoms with Crippen LogP contribution in [0.25, 0.3) is 0 Å². The van der Waals surface area contributed by atoms with Crippen LogP contribution in [0.1, 0.15) is 17.5 Å². The number of aromatic nitrogens is 2. The fourth-order valence-electron chi connectivity index (χ4n) is 1.97. The lowest BCUT2D eigenvalue weighted by Crippen LogP contribution is -2.26. The number of nitrogens with two attached hydrogens (primary N) is 1. The Kier molecular flexibility index (Phi) is 4.64. The average Bonchev–Trinajstić information content (AvgIpc) is 2.93. The Morgan fingerprint density at radius 3 is 2.71 bits per heavy atom. The molecule has 0 aliphatic heterocycles. The van der Waals surface area contributed by atoms with Crippen LogP contribution in [0.15, 0.2) is 35.5 Å². The Morgan fingerprint density at radius 2 is 2.10 bits per heavy atom. The smallest absolute Gasteiger partial charge is 0.240 e. The topological polar surface area (TPSA) is 90.0 Å². The van der Waals surface area contributed by atoms with Gasteiger partial charge in [-0.3, -0.25) is 4.68 Å². The quantitative estimate of drug-likeness (QED) is 0.624. The van der Waals surface area contributed by atoms with E-state index in [1.54, 1.807) is 16.9 Å². The van der Waals surface area contributed by atoms with Crippen molar-refractivity contribution in [2.24, 2.45) is 0 Å². The zero-order valence-electron chi connectivity index (χ0n) is 12.2. The van der Waals surface area contributed by atoms with Gasteiger partial charge in [0.15, 0.2) is 0 Å². The molecule has 2 aromatic rings. The number of nitrogens with one attached hydrogen (secondary N) is 1. The van der Waals surface area contributed by atoms with E-state index < -0.39 is 10.0 Å². The first-order valence-electron chi connectivity index (χ1n) is 6.74. The summed E-state index contributed by atoms with van der Waals surface area (Å²) in [6.07, 6.45) is 4.21. The number of hydrogen-bond acceptors (Lipinski definition) is 4. The van der Waals surface area contributed by atoms with Crippen LogP contribution in [0.3, 0.4) is 0 Å². The van der Waals surface area contributed by atoms with Crippen LogP contribution in [0.5, 0.6) is 0 Å². The lowest BCUT2D eigenvalue weighted by atomic mass is 10.1. The van der Waals surface area contributed by atoms with Crippen molar-refractivity contribution in [3.05, 3.63) is 41.7 Å². The van der Waals surface area contributed by atoms with Crippen LogP contribution in [-0.4, -0.2) is 24.7 Å². The predicted molar refractivity (Wildman–Crippen MR) is 82.4 cm³/mol. The van der Waals surface area contributed by atoms with Crippen molar-refractivity contribution in [3.8, 4) is 0 Å². The van der Waals surface area contributed by atoms with E-state index in [-0.39, 0.29) is 4.90 Å². The zero-order valence-corrected chi connectivity index (χ0v) is 13.0. The van der Waals surface area contributed by atoms with Crippen LogP contribution >= 0.6 is 0 Å². The summed E-state index contributed by atoms with van der Waals surface area (Å²) in [6, 6.07) is 4.97. The molecule has 3 N–H and O–H groups in total. The molecule has 0 fully saturated rings. The van der Waals surface area contributed by atoms with Gasteiger partial charge in [-0.1, -0.05) is 0 Å². The summed E-state index contributed by atoms with van der Waals surface area (Å²) in [6.45, 7) is 4.75. The summed E-state index contributed by atoms with van der Waals surface area (Å²) in [7, 11) is -3.52. The van der Waals surface area contributed by atoms with Crippen molar-refractivity contribution in [1.29, 1.82) is 0 Å². The van der Waals surface area contributed by atoms with Gasteiger partial charge >= 0.3 is 0 Å². The van der Waals surface area contributed by atoms with Gasteiger partial charge in [-0.15, -0.1) is 0 Å². The third-order valence-electron chi connectivity index (χ3n) is 3.41. The molecule has 6 nitrogen and oxygen atoms in total. The molecule has 0 unspecified atom stereocenters. The summed E-state index contributed by atoms with van der Waals surface area (Å²) >= 11 is 0. The fourth-order valence-corrected chi connectivity index (χ4v) is 3.17. The van der Waals surface area contributed by atoms with E-state index in [1.807, 2.05) is 26.1 Å². The molecule has 0 amide bonds. The normalized spacial score (nSPS) is 11.7. The highest BCUT2D eigenvalue weighted by atomic mass is 32.2. The molecule has 0 radical (unpaired) electrons. The molecule has 1 aromatic carbocycles. The van der Waals surface area contributed by atoms with E-state index in [2.05, 4.69) is 9.82 Å². The molecule has 7 heteroatoms. The van der Waals surface area contributed by atoms with Crippen molar-refractivity contribution >= 4 is 15.7 Å². The zero-order chi connectivity index (χ0) is 15.5. The van der Waals surface area contributed by atoms with Crippen molar-refractivity contribution in [3.63, 3.8) is 0 Å².